The number of azo groups is 2. The van der Waals surface area contributed by atoms with E-state index in [4.69, 9.17) is 63.3 Å². The lowest BCUT2D eigenvalue weighted by Crippen LogP contribution is -2.18. The molecule has 0 radical (unpaired) electrons. The first kappa shape index (κ1) is 45.4. The Morgan fingerprint density at radius 2 is 1.32 bits per heavy atom. The second-order valence-electron chi connectivity index (χ2n) is 12.1. The average Bonchev–Trinajstić information content (AvgIpc) is 3.88. The van der Waals surface area contributed by atoms with E-state index in [2.05, 4.69) is 56.0 Å². The summed E-state index contributed by atoms with van der Waals surface area (Å²) in [5.41, 5.74) is 11.6. The van der Waals surface area contributed by atoms with Crippen LogP contribution in [0.5, 0.6) is 6.01 Å². The van der Waals surface area contributed by atoms with Crippen molar-refractivity contribution >= 4 is 101 Å². The van der Waals surface area contributed by atoms with Gasteiger partial charge >= 0.3 is 6.01 Å². The van der Waals surface area contributed by atoms with E-state index in [0.29, 0.717) is 0 Å². The number of rotatable bonds is 12. The minimum atomic E-state index is -4.76. The Balaban J connectivity index is 1.33. The first-order valence-electron chi connectivity index (χ1n) is 16.4. The molecule has 0 aliphatic carbocycles. The molecule has 26 nitrogen and oxygen atoms in total. The third kappa shape index (κ3) is 9.23. The smallest absolute Gasteiger partial charge is 0.320 e. The predicted molar refractivity (Wildman–Crippen MR) is 221 cm³/mol. The summed E-state index contributed by atoms with van der Waals surface area (Å²) >= 11 is 24.7. The molecule has 32 heteroatoms. The number of benzene rings is 2. The fraction of sp³-hybridized carbons (Fsp3) is 0.0645. The van der Waals surface area contributed by atoms with Crippen molar-refractivity contribution in [2.75, 3.05) is 11.1 Å². The molecule has 0 amide bonds. The lowest BCUT2D eigenvalue weighted by atomic mass is 10.3. The molecule has 0 fully saturated rings. The van der Waals surface area contributed by atoms with E-state index in [0.717, 1.165) is 50.7 Å². The summed E-state index contributed by atoms with van der Waals surface area (Å²) in [5.74, 6) is -1.96. The molecule has 0 bridgehead atoms. The van der Waals surface area contributed by atoms with Crippen LogP contribution >= 0.6 is 46.4 Å². The SMILES string of the molecule is CC(=N)/C(N=Nc1c(C#N)cnn1-c1cc(Cl)c(S(=O)(=O)O)cc1Cl)=C(/N)Nc1nc(O)nc(-n2nc(C)c(N=Nc3c(C#N)cnn3-c3cc(Cl)c(S(=O)(=O)O)cc3Cl)c2N)n1. The molecular formula is C31H21Cl4N19O7S2. The van der Waals surface area contributed by atoms with Crippen LogP contribution in [0.4, 0.5) is 29.1 Å². The van der Waals surface area contributed by atoms with Gasteiger partial charge in [0.15, 0.2) is 23.1 Å². The number of nitrogens with two attached hydrogens (primary N) is 2. The van der Waals surface area contributed by atoms with Gasteiger partial charge in [-0.2, -0.15) is 62.3 Å². The molecule has 63 heavy (non-hydrogen) atoms. The quantitative estimate of drug-likeness (QED) is 0.0442. The number of aryl methyl sites for hydroxylation is 1. The largest absolute Gasteiger partial charge is 0.479 e. The minimum Gasteiger partial charge on any atom is -0.479 e. The van der Waals surface area contributed by atoms with Crippen molar-refractivity contribution in [3.05, 3.63) is 85.1 Å². The zero-order valence-corrected chi connectivity index (χ0v) is 35.8. The molecule has 0 aliphatic heterocycles. The van der Waals surface area contributed by atoms with Crippen molar-refractivity contribution in [3.8, 4) is 35.5 Å². The summed E-state index contributed by atoms with van der Waals surface area (Å²) in [6.07, 6.45) is 2.20. The van der Waals surface area contributed by atoms with Crippen molar-refractivity contribution in [2.45, 2.75) is 23.6 Å². The number of hydrogen-bond acceptors (Lipinski definition) is 21. The molecule has 0 unspecified atom stereocenters. The highest BCUT2D eigenvalue weighted by Gasteiger charge is 2.24. The number of halogens is 4. The summed E-state index contributed by atoms with van der Waals surface area (Å²) in [5, 5.41) is 68.0. The van der Waals surface area contributed by atoms with E-state index in [-0.39, 0.29) is 72.8 Å². The number of nitrogen functional groups attached to an aromatic ring is 1. The van der Waals surface area contributed by atoms with Crippen LogP contribution in [-0.2, 0) is 20.2 Å². The Morgan fingerprint density at radius 1 is 0.810 bits per heavy atom. The predicted octanol–water partition coefficient (Wildman–Crippen LogP) is 5.65. The molecule has 4 heterocycles. The van der Waals surface area contributed by atoms with E-state index >= 15 is 0 Å². The first-order valence-corrected chi connectivity index (χ1v) is 20.8. The van der Waals surface area contributed by atoms with E-state index in [9.17, 15) is 41.6 Å². The molecule has 0 saturated carbocycles. The second kappa shape index (κ2) is 17.3. The number of aromatic nitrogens is 9. The number of nitrogens with one attached hydrogen (secondary N) is 2. The third-order valence-corrected chi connectivity index (χ3v) is 11.2. The van der Waals surface area contributed by atoms with Gasteiger partial charge in [0.05, 0.1) is 55.3 Å². The van der Waals surface area contributed by atoms with Crippen molar-refractivity contribution in [3.63, 3.8) is 0 Å². The minimum absolute atomic E-state index is 0.0399. The maximum atomic E-state index is 11.7. The highest BCUT2D eigenvalue weighted by Crippen LogP contribution is 2.37. The van der Waals surface area contributed by atoms with Crippen LogP contribution in [0.1, 0.15) is 23.7 Å². The monoisotopic (exact) mass is 975 g/mol. The van der Waals surface area contributed by atoms with Crippen LogP contribution in [0.3, 0.4) is 0 Å². The van der Waals surface area contributed by atoms with Gasteiger partial charge in [-0.25, -0.2) is 9.36 Å². The zero-order chi connectivity index (χ0) is 46.3. The molecule has 0 atom stereocenters. The van der Waals surface area contributed by atoms with Gasteiger partial charge in [0.25, 0.3) is 26.2 Å². The summed E-state index contributed by atoms with van der Waals surface area (Å²) in [7, 11) is -9.50. The van der Waals surface area contributed by atoms with Crippen LogP contribution in [-0.4, -0.2) is 81.1 Å². The van der Waals surface area contributed by atoms with Crippen LogP contribution < -0.4 is 16.8 Å². The van der Waals surface area contributed by atoms with Crippen LogP contribution in [0, 0.1) is 35.0 Å². The van der Waals surface area contributed by atoms with Gasteiger partial charge in [-0.05, 0) is 38.1 Å². The van der Waals surface area contributed by atoms with Gasteiger partial charge in [-0.3, -0.25) is 9.11 Å². The van der Waals surface area contributed by atoms with Crippen LogP contribution in [0.25, 0.3) is 17.3 Å². The summed E-state index contributed by atoms with van der Waals surface area (Å²) < 4.78 is 68.7. The zero-order valence-electron chi connectivity index (χ0n) is 31.1. The molecule has 322 valence electrons. The summed E-state index contributed by atoms with van der Waals surface area (Å²) in [6.45, 7) is 2.76. The summed E-state index contributed by atoms with van der Waals surface area (Å²) in [4.78, 5) is 10.4. The maximum absolute atomic E-state index is 11.7. The molecule has 9 N–H and O–H groups in total. The van der Waals surface area contributed by atoms with E-state index < -0.39 is 63.8 Å². The van der Waals surface area contributed by atoms with Gasteiger partial charge in [-0.1, -0.05) is 46.4 Å². The highest BCUT2D eigenvalue weighted by molar-refractivity contribution is 7.86. The van der Waals surface area contributed by atoms with Gasteiger partial charge in [0, 0.05) is 0 Å². The molecule has 0 aliphatic rings. The van der Waals surface area contributed by atoms with Crippen molar-refractivity contribution in [2.24, 2.45) is 26.2 Å². The molecule has 4 aromatic heterocycles. The van der Waals surface area contributed by atoms with Crippen molar-refractivity contribution in [1.82, 2.24) is 44.3 Å². The van der Waals surface area contributed by atoms with Crippen molar-refractivity contribution in [1.29, 1.82) is 15.9 Å². The topological polar surface area (TPSA) is 406 Å². The second-order valence-corrected chi connectivity index (χ2v) is 16.5. The van der Waals surface area contributed by atoms with Crippen LogP contribution in [0.15, 0.2) is 78.4 Å². The lowest BCUT2D eigenvalue weighted by molar-refractivity contribution is 0.427. The average molecular weight is 978 g/mol. The Kier molecular flexibility index (Phi) is 12.5. The first-order chi connectivity index (χ1) is 29.5. The Hall–Kier alpha value is -7.15. The molecule has 6 aromatic rings. The normalized spacial score (nSPS) is 12.4. The van der Waals surface area contributed by atoms with Gasteiger partial charge in [0.2, 0.25) is 5.95 Å². The summed E-state index contributed by atoms with van der Waals surface area (Å²) in [6, 6.07) is 6.72. The number of hydrogen-bond donors (Lipinski definition) is 7. The third-order valence-electron chi connectivity index (χ3n) is 7.95. The Morgan fingerprint density at radius 3 is 1.79 bits per heavy atom. The van der Waals surface area contributed by atoms with Gasteiger partial charge < -0.3 is 27.3 Å². The Labute approximate surface area is 372 Å². The molecular weight excluding hydrogens is 956 g/mol. The van der Waals surface area contributed by atoms with Gasteiger partial charge in [0.1, 0.15) is 44.6 Å². The fourth-order valence-electron chi connectivity index (χ4n) is 5.17. The van der Waals surface area contributed by atoms with Crippen LogP contribution in [0.2, 0.25) is 20.1 Å². The molecule has 0 saturated heterocycles. The van der Waals surface area contributed by atoms with Gasteiger partial charge in [-0.15, -0.1) is 20.5 Å². The number of anilines is 2. The fourth-order valence-corrected chi connectivity index (χ4v) is 7.83. The highest BCUT2D eigenvalue weighted by atomic mass is 35.5. The number of aromatic hydroxyl groups is 1. The maximum Gasteiger partial charge on any atom is 0.320 e. The molecule has 6 rings (SSSR count). The molecule has 0 spiro atoms. The van der Waals surface area contributed by atoms with E-state index in [1.807, 2.05) is 12.1 Å². The number of nitrogens with zero attached hydrogens (tertiary/aromatic N) is 15. The number of nitriles is 2. The Bertz CT molecular complexity index is 3330. The standard InChI is InChI=1S/C31H21Cl4N19O7S2/c1-11(38)23(47-49-27-13(7-36)9-41-52(27)19-3-17(34)21(5-15(19)32)62(56,57)58)25(39)43-29-44-30(46-31(55)45-29)54-26(40)24(12(2)51-54)48-50-28-14(8-37)10-42-53(28)20-4-18(35)22(6-16(20)33)63(59,60)61/h3-6,9-10,38H,39-40H2,1-2H3,(H,56,57,58)(H,59,60,61)(H2,43,44,45,46,55)/b25-23+,38-11?,49-47?,50-48?. The number of allylic oxidation sites excluding steroid dienone is 1. The van der Waals surface area contributed by atoms with Crippen molar-refractivity contribution < 1.29 is 31.0 Å². The lowest BCUT2D eigenvalue weighted by Gasteiger charge is -2.11. The van der Waals surface area contributed by atoms with E-state index in [1.54, 1.807) is 0 Å². The molecule has 2 aromatic carbocycles. The van der Waals surface area contributed by atoms with E-state index in [1.165, 1.54) is 13.8 Å².